The molecule has 6 nitrogen and oxygen atoms in total. The number of nitrogens with one attached hydrogen (secondary N) is 1. The Labute approximate surface area is 151 Å². The molecule has 2 aromatic rings. The molecule has 0 saturated heterocycles. The van der Waals surface area contributed by atoms with E-state index in [1.54, 1.807) is 10.6 Å². The van der Waals surface area contributed by atoms with Crippen LogP contribution in [-0.4, -0.2) is 45.1 Å². The molecule has 0 spiro atoms. The highest BCUT2D eigenvalue weighted by Crippen LogP contribution is 2.34. The Hall–Kier alpha value is -1.96. The number of carbonyl (C=O) groups excluding carboxylic acids is 1. The van der Waals surface area contributed by atoms with Gasteiger partial charge >= 0.3 is 0 Å². The fraction of sp³-hybridized carbons (Fsp3) is 0.526. The lowest BCUT2D eigenvalue weighted by atomic mass is 9.90. The zero-order valence-corrected chi connectivity index (χ0v) is 15.0. The summed E-state index contributed by atoms with van der Waals surface area (Å²) < 4.78 is 16.3. The fourth-order valence-corrected chi connectivity index (χ4v) is 3.07. The van der Waals surface area contributed by atoms with E-state index in [4.69, 9.17) is 0 Å². The summed E-state index contributed by atoms with van der Waals surface area (Å²) in [6, 6.07) is 4.71. The lowest BCUT2D eigenvalue weighted by molar-refractivity contribution is -0.117. The number of aliphatic hydroxyl groups is 3. The van der Waals surface area contributed by atoms with Gasteiger partial charge in [0, 0.05) is 28.5 Å². The predicted octanol–water partition coefficient (Wildman–Crippen LogP) is 1.75. The summed E-state index contributed by atoms with van der Waals surface area (Å²) >= 11 is 0. The first-order valence-electron chi connectivity index (χ1n) is 8.80. The number of fused-ring (bicyclic) bond motifs is 1. The molecule has 1 heterocycles. The van der Waals surface area contributed by atoms with Gasteiger partial charge in [-0.1, -0.05) is 13.8 Å². The van der Waals surface area contributed by atoms with Crippen molar-refractivity contribution in [2.24, 2.45) is 5.92 Å². The van der Waals surface area contributed by atoms with Crippen molar-refractivity contribution >= 4 is 22.5 Å². The summed E-state index contributed by atoms with van der Waals surface area (Å²) in [6.07, 6.45) is 0.663. The maximum absolute atomic E-state index is 14.6. The number of hydrogen-bond donors (Lipinski definition) is 4. The monoisotopic (exact) mass is 364 g/mol. The molecule has 0 radical (unpaired) electrons. The molecule has 1 atom stereocenters. The second-order valence-corrected chi connectivity index (χ2v) is 7.67. The third kappa shape index (κ3) is 3.60. The van der Waals surface area contributed by atoms with Crippen LogP contribution in [0.5, 0.6) is 0 Å². The van der Waals surface area contributed by atoms with Gasteiger partial charge in [0.15, 0.2) is 0 Å². The summed E-state index contributed by atoms with van der Waals surface area (Å²) in [5.41, 5.74) is 0.758. The second kappa shape index (κ2) is 6.98. The molecule has 1 aliphatic rings. The van der Waals surface area contributed by atoms with Crippen molar-refractivity contribution in [3.05, 3.63) is 29.7 Å². The molecule has 0 bridgehead atoms. The molecule has 142 valence electrons. The number of carbonyl (C=O) groups is 1. The zero-order chi connectivity index (χ0) is 19.1. The van der Waals surface area contributed by atoms with Crippen LogP contribution in [0.15, 0.2) is 18.2 Å². The SMILES string of the molecule is CC(C)(CO)c1cc2cc(NC(=O)C3CC3)c(F)cc2n1CC(O)CO. The zero-order valence-electron chi connectivity index (χ0n) is 15.0. The van der Waals surface area contributed by atoms with Crippen LogP contribution < -0.4 is 5.32 Å². The number of nitrogens with zero attached hydrogens (tertiary/aromatic N) is 1. The number of anilines is 1. The van der Waals surface area contributed by atoms with E-state index in [-0.39, 0.29) is 30.7 Å². The molecular weight excluding hydrogens is 339 g/mol. The van der Waals surface area contributed by atoms with Crippen LogP contribution in [0, 0.1) is 11.7 Å². The van der Waals surface area contributed by atoms with Gasteiger partial charge in [-0.25, -0.2) is 4.39 Å². The van der Waals surface area contributed by atoms with Crippen molar-refractivity contribution in [1.82, 2.24) is 4.57 Å². The standard InChI is InChI=1S/C19H25FN2O4/c1-19(2,10-24)17-6-12-5-15(21-18(26)11-3-4-11)14(20)7-16(12)22(17)8-13(25)9-23/h5-7,11,13,23-25H,3-4,8-10H2,1-2H3,(H,21,26). The van der Waals surface area contributed by atoms with Crippen molar-refractivity contribution < 1.29 is 24.5 Å². The third-order valence-corrected chi connectivity index (χ3v) is 4.89. The molecule has 26 heavy (non-hydrogen) atoms. The van der Waals surface area contributed by atoms with E-state index in [2.05, 4.69) is 5.32 Å². The fourth-order valence-electron chi connectivity index (χ4n) is 3.07. The van der Waals surface area contributed by atoms with Crippen molar-refractivity contribution in [1.29, 1.82) is 0 Å². The smallest absolute Gasteiger partial charge is 0.227 e. The minimum atomic E-state index is -1.00. The van der Waals surface area contributed by atoms with Gasteiger partial charge in [-0.3, -0.25) is 4.79 Å². The Morgan fingerprint density at radius 3 is 2.62 bits per heavy atom. The topological polar surface area (TPSA) is 94.7 Å². The molecule has 1 fully saturated rings. The minimum absolute atomic E-state index is 0.0294. The Morgan fingerprint density at radius 2 is 2.04 bits per heavy atom. The average Bonchev–Trinajstić information content (AvgIpc) is 3.40. The van der Waals surface area contributed by atoms with Crippen LogP contribution in [-0.2, 0) is 16.8 Å². The molecule has 7 heteroatoms. The van der Waals surface area contributed by atoms with Crippen LogP contribution in [0.1, 0.15) is 32.4 Å². The highest BCUT2D eigenvalue weighted by molar-refractivity contribution is 5.96. The molecule has 1 amide bonds. The molecule has 1 unspecified atom stereocenters. The van der Waals surface area contributed by atoms with E-state index in [1.807, 2.05) is 19.9 Å². The molecule has 0 aliphatic heterocycles. The third-order valence-electron chi connectivity index (χ3n) is 4.89. The van der Waals surface area contributed by atoms with Crippen molar-refractivity contribution in [2.75, 3.05) is 18.5 Å². The van der Waals surface area contributed by atoms with Crippen LogP contribution >= 0.6 is 0 Å². The van der Waals surface area contributed by atoms with E-state index in [1.165, 1.54) is 6.07 Å². The predicted molar refractivity (Wildman–Crippen MR) is 96.5 cm³/mol. The summed E-state index contributed by atoms with van der Waals surface area (Å²) in [5.74, 6) is -0.759. The lowest BCUT2D eigenvalue weighted by Gasteiger charge is -2.25. The van der Waals surface area contributed by atoms with Gasteiger partial charge in [-0.2, -0.15) is 0 Å². The minimum Gasteiger partial charge on any atom is -0.395 e. The van der Waals surface area contributed by atoms with E-state index < -0.39 is 23.9 Å². The first-order chi connectivity index (χ1) is 12.3. The molecular formula is C19H25FN2O4. The molecule has 1 saturated carbocycles. The van der Waals surface area contributed by atoms with Crippen molar-refractivity contribution in [3.63, 3.8) is 0 Å². The Balaban J connectivity index is 2.07. The van der Waals surface area contributed by atoms with E-state index in [0.717, 1.165) is 12.8 Å². The summed E-state index contributed by atoms with van der Waals surface area (Å²) in [5, 5.41) is 32.1. The number of benzene rings is 1. The summed E-state index contributed by atoms with van der Waals surface area (Å²) in [4.78, 5) is 11.9. The van der Waals surface area contributed by atoms with Crippen LogP contribution in [0.4, 0.5) is 10.1 Å². The van der Waals surface area contributed by atoms with Gasteiger partial charge in [0.25, 0.3) is 0 Å². The Bertz CT molecular complexity index is 827. The molecule has 3 rings (SSSR count). The normalized spacial score (nSPS) is 16.1. The van der Waals surface area contributed by atoms with Crippen molar-refractivity contribution in [3.8, 4) is 0 Å². The number of hydrogen-bond acceptors (Lipinski definition) is 4. The van der Waals surface area contributed by atoms with E-state index in [0.29, 0.717) is 16.6 Å². The average molecular weight is 364 g/mol. The second-order valence-electron chi connectivity index (χ2n) is 7.67. The van der Waals surface area contributed by atoms with Crippen LogP contribution in [0.3, 0.4) is 0 Å². The number of halogens is 1. The quantitative estimate of drug-likeness (QED) is 0.602. The highest BCUT2D eigenvalue weighted by atomic mass is 19.1. The van der Waals surface area contributed by atoms with Gasteiger partial charge in [0.1, 0.15) is 5.82 Å². The lowest BCUT2D eigenvalue weighted by Crippen LogP contribution is -2.29. The highest BCUT2D eigenvalue weighted by Gasteiger charge is 2.31. The van der Waals surface area contributed by atoms with Gasteiger partial charge in [-0.05, 0) is 25.0 Å². The molecule has 1 aromatic carbocycles. The van der Waals surface area contributed by atoms with Gasteiger partial charge in [0.2, 0.25) is 5.91 Å². The number of rotatable bonds is 7. The van der Waals surface area contributed by atoms with Crippen LogP contribution in [0.25, 0.3) is 10.9 Å². The number of amides is 1. The Morgan fingerprint density at radius 1 is 1.35 bits per heavy atom. The Kier molecular flexibility index (Phi) is 5.05. The number of aliphatic hydroxyl groups excluding tert-OH is 3. The summed E-state index contributed by atoms with van der Waals surface area (Å²) in [6.45, 7) is 3.21. The van der Waals surface area contributed by atoms with Crippen molar-refractivity contribution in [2.45, 2.75) is 44.8 Å². The maximum atomic E-state index is 14.6. The maximum Gasteiger partial charge on any atom is 0.227 e. The first-order valence-corrected chi connectivity index (χ1v) is 8.80. The number of aromatic nitrogens is 1. The molecule has 1 aromatic heterocycles. The van der Waals surface area contributed by atoms with Crippen LogP contribution in [0.2, 0.25) is 0 Å². The van der Waals surface area contributed by atoms with E-state index >= 15 is 0 Å². The van der Waals surface area contributed by atoms with Gasteiger partial charge in [-0.15, -0.1) is 0 Å². The van der Waals surface area contributed by atoms with Gasteiger partial charge in [0.05, 0.1) is 37.1 Å². The van der Waals surface area contributed by atoms with Gasteiger partial charge < -0.3 is 25.2 Å². The molecule has 4 N–H and O–H groups in total. The van der Waals surface area contributed by atoms with E-state index in [9.17, 15) is 24.5 Å². The first kappa shape index (κ1) is 18.8. The largest absolute Gasteiger partial charge is 0.395 e. The summed E-state index contributed by atoms with van der Waals surface area (Å²) in [7, 11) is 0. The molecule has 1 aliphatic carbocycles.